The molecule has 0 aromatic heterocycles. The monoisotopic (exact) mass is 303 g/mol. The lowest BCUT2D eigenvalue weighted by atomic mass is 10.1. The Morgan fingerprint density at radius 2 is 1.95 bits per heavy atom. The van der Waals surface area contributed by atoms with Crippen LogP contribution < -0.4 is 15.5 Å². The summed E-state index contributed by atoms with van der Waals surface area (Å²) in [4.78, 5) is 26.1. The first-order chi connectivity index (χ1) is 10.4. The van der Waals surface area contributed by atoms with Gasteiger partial charge in [0.15, 0.2) is 0 Å². The summed E-state index contributed by atoms with van der Waals surface area (Å²) in [7, 11) is 0. The van der Waals surface area contributed by atoms with Gasteiger partial charge in [-0.2, -0.15) is 0 Å². The van der Waals surface area contributed by atoms with Gasteiger partial charge in [-0.3, -0.25) is 4.79 Å². The number of amides is 3. The Labute approximate surface area is 132 Å². The molecule has 0 aliphatic carbocycles. The molecule has 1 heterocycles. The predicted octanol–water partition coefficient (Wildman–Crippen LogP) is 2.51. The highest BCUT2D eigenvalue weighted by Crippen LogP contribution is 2.24. The zero-order valence-corrected chi connectivity index (χ0v) is 13.8. The molecule has 2 rings (SSSR count). The maximum absolute atomic E-state index is 12.5. The van der Waals surface area contributed by atoms with Crippen molar-refractivity contribution in [3.05, 3.63) is 29.3 Å². The van der Waals surface area contributed by atoms with Crippen LogP contribution in [0.5, 0.6) is 0 Å². The number of benzene rings is 1. The van der Waals surface area contributed by atoms with Gasteiger partial charge >= 0.3 is 6.03 Å². The van der Waals surface area contributed by atoms with E-state index in [0.29, 0.717) is 13.0 Å². The van der Waals surface area contributed by atoms with Crippen LogP contribution in [-0.2, 0) is 4.79 Å². The van der Waals surface area contributed by atoms with Crippen LogP contribution in [0.15, 0.2) is 18.2 Å². The van der Waals surface area contributed by atoms with E-state index < -0.39 is 6.04 Å². The topological polar surface area (TPSA) is 61.4 Å². The number of carbonyl (C=O) groups is 2. The minimum Gasteiger partial charge on any atom is -0.336 e. The van der Waals surface area contributed by atoms with Crippen molar-refractivity contribution >= 4 is 17.6 Å². The van der Waals surface area contributed by atoms with Gasteiger partial charge in [0, 0.05) is 18.3 Å². The van der Waals surface area contributed by atoms with E-state index in [4.69, 9.17) is 0 Å². The number of carbonyl (C=O) groups excluding carboxylic acids is 2. The molecular weight excluding hydrogens is 278 g/mol. The van der Waals surface area contributed by atoms with E-state index in [1.165, 1.54) is 0 Å². The molecule has 0 bridgehead atoms. The Kier molecular flexibility index (Phi) is 5.06. The number of rotatable bonds is 4. The third-order valence-electron chi connectivity index (χ3n) is 4.02. The number of urea groups is 1. The van der Waals surface area contributed by atoms with Crippen molar-refractivity contribution in [3.63, 3.8) is 0 Å². The third kappa shape index (κ3) is 3.78. The summed E-state index contributed by atoms with van der Waals surface area (Å²) >= 11 is 0. The van der Waals surface area contributed by atoms with Crippen molar-refractivity contribution in [2.45, 2.75) is 52.6 Å². The number of nitrogens with one attached hydrogen (secondary N) is 2. The number of anilines is 1. The molecular formula is C17H25N3O2. The Bertz CT molecular complexity index is 551. The molecule has 2 atom stereocenters. The number of hydrogen-bond acceptors (Lipinski definition) is 2. The molecule has 1 saturated heterocycles. The first-order valence-electron chi connectivity index (χ1n) is 7.87. The van der Waals surface area contributed by atoms with Gasteiger partial charge in [-0.15, -0.1) is 0 Å². The van der Waals surface area contributed by atoms with Crippen LogP contribution in [0.3, 0.4) is 0 Å². The van der Waals surface area contributed by atoms with E-state index >= 15 is 0 Å². The molecule has 22 heavy (non-hydrogen) atoms. The molecule has 1 aromatic rings. The third-order valence-corrected chi connectivity index (χ3v) is 4.02. The quantitative estimate of drug-likeness (QED) is 0.898. The molecule has 1 aliphatic rings. The average Bonchev–Trinajstić information content (AvgIpc) is 2.79. The first-order valence-corrected chi connectivity index (χ1v) is 7.87. The predicted molar refractivity (Wildman–Crippen MR) is 88.1 cm³/mol. The summed E-state index contributed by atoms with van der Waals surface area (Å²) in [5.41, 5.74) is 3.18. The highest BCUT2D eigenvalue weighted by Gasteiger charge is 2.33. The molecule has 0 spiro atoms. The van der Waals surface area contributed by atoms with E-state index in [9.17, 15) is 9.59 Å². The summed E-state index contributed by atoms with van der Waals surface area (Å²) < 4.78 is 0. The lowest BCUT2D eigenvalue weighted by molar-refractivity contribution is -0.118. The van der Waals surface area contributed by atoms with Gasteiger partial charge in [-0.1, -0.05) is 13.0 Å². The van der Waals surface area contributed by atoms with Crippen LogP contribution in [0, 0.1) is 13.8 Å². The average molecular weight is 303 g/mol. The van der Waals surface area contributed by atoms with E-state index in [1.807, 2.05) is 39.8 Å². The molecule has 3 amide bonds. The molecule has 5 heteroatoms. The fraction of sp³-hybridized carbons (Fsp3) is 0.529. The number of nitrogens with zero attached hydrogens (tertiary/aromatic N) is 1. The van der Waals surface area contributed by atoms with E-state index in [2.05, 4.69) is 16.7 Å². The molecule has 0 saturated carbocycles. The van der Waals surface area contributed by atoms with Gasteiger partial charge in [0.25, 0.3) is 0 Å². The second-order valence-corrected chi connectivity index (χ2v) is 6.10. The van der Waals surface area contributed by atoms with Crippen LogP contribution in [-0.4, -0.2) is 30.6 Å². The molecule has 120 valence electrons. The zero-order chi connectivity index (χ0) is 16.3. The molecule has 1 aromatic carbocycles. The summed E-state index contributed by atoms with van der Waals surface area (Å²) in [6.07, 6.45) is 1.50. The Hall–Kier alpha value is -2.04. The van der Waals surface area contributed by atoms with Crippen molar-refractivity contribution < 1.29 is 9.59 Å². The Balaban J connectivity index is 2.02. The lowest BCUT2D eigenvalue weighted by Gasteiger charge is -2.19. The summed E-state index contributed by atoms with van der Waals surface area (Å²) in [6.45, 7) is 8.63. The minimum absolute atomic E-state index is 0.0377. The largest absolute Gasteiger partial charge is 0.336 e. The van der Waals surface area contributed by atoms with Gasteiger partial charge in [-0.25, -0.2) is 4.79 Å². The molecule has 1 fully saturated rings. The molecule has 1 aliphatic heterocycles. The highest BCUT2D eigenvalue weighted by molar-refractivity contribution is 6.01. The van der Waals surface area contributed by atoms with E-state index in [-0.39, 0.29) is 18.0 Å². The van der Waals surface area contributed by atoms with Crippen molar-refractivity contribution in [1.29, 1.82) is 0 Å². The molecule has 2 unspecified atom stereocenters. The molecule has 5 nitrogen and oxygen atoms in total. The van der Waals surface area contributed by atoms with E-state index in [1.54, 1.807) is 4.90 Å². The van der Waals surface area contributed by atoms with Gasteiger partial charge in [0.05, 0.1) is 0 Å². The molecule has 2 N–H and O–H groups in total. The highest BCUT2D eigenvalue weighted by atomic mass is 16.2. The minimum atomic E-state index is -0.440. The van der Waals surface area contributed by atoms with Crippen molar-refractivity contribution in [3.8, 4) is 0 Å². The van der Waals surface area contributed by atoms with Crippen LogP contribution >= 0.6 is 0 Å². The van der Waals surface area contributed by atoms with Gasteiger partial charge < -0.3 is 15.5 Å². The summed E-state index contributed by atoms with van der Waals surface area (Å²) in [6, 6.07) is 5.49. The van der Waals surface area contributed by atoms with Crippen LogP contribution in [0.2, 0.25) is 0 Å². The zero-order valence-electron chi connectivity index (χ0n) is 13.8. The van der Waals surface area contributed by atoms with E-state index in [0.717, 1.165) is 23.2 Å². The fourth-order valence-electron chi connectivity index (χ4n) is 2.70. The normalized spacial score (nSPS) is 19.2. The fourth-order valence-corrected chi connectivity index (χ4v) is 2.70. The van der Waals surface area contributed by atoms with Gasteiger partial charge in [0.1, 0.15) is 6.04 Å². The lowest BCUT2D eigenvalue weighted by Crippen LogP contribution is -2.48. The standard InChI is InChI=1S/C17H25N3O2/c1-5-13(4)18-17(22)19-15-6-7-20(16(15)21)14-9-11(2)8-12(3)10-14/h8-10,13,15H,5-7H2,1-4H3,(H2,18,19,22). The van der Waals surface area contributed by atoms with Crippen LogP contribution in [0.4, 0.5) is 10.5 Å². The van der Waals surface area contributed by atoms with Crippen molar-refractivity contribution in [2.75, 3.05) is 11.4 Å². The van der Waals surface area contributed by atoms with Crippen LogP contribution in [0.25, 0.3) is 0 Å². The second kappa shape index (κ2) is 6.81. The maximum atomic E-state index is 12.5. The first kappa shape index (κ1) is 16.3. The van der Waals surface area contributed by atoms with Gasteiger partial charge in [-0.05, 0) is 56.9 Å². The number of aryl methyl sites for hydroxylation is 2. The Morgan fingerprint density at radius 1 is 1.32 bits per heavy atom. The van der Waals surface area contributed by atoms with Crippen LogP contribution in [0.1, 0.15) is 37.8 Å². The molecule has 0 radical (unpaired) electrons. The SMILES string of the molecule is CCC(C)NC(=O)NC1CCN(c2cc(C)cc(C)c2)C1=O. The van der Waals surface area contributed by atoms with Gasteiger partial charge in [0.2, 0.25) is 5.91 Å². The summed E-state index contributed by atoms with van der Waals surface area (Å²) in [5, 5.41) is 5.61. The Morgan fingerprint density at radius 3 is 2.55 bits per heavy atom. The van der Waals surface area contributed by atoms with Crippen molar-refractivity contribution in [1.82, 2.24) is 10.6 Å². The second-order valence-electron chi connectivity index (χ2n) is 6.10. The summed E-state index contributed by atoms with van der Waals surface area (Å²) in [5.74, 6) is -0.0377. The van der Waals surface area contributed by atoms with Crippen molar-refractivity contribution in [2.24, 2.45) is 0 Å². The maximum Gasteiger partial charge on any atom is 0.315 e. The smallest absolute Gasteiger partial charge is 0.315 e. The number of hydrogen-bond donors (Lipinski definition) is 2.